The summed E-state index contributed by atoms with van der Waals surface area (Å²) in [5.41, 5.74) is 6.07. The van der Waals surface area contributed by atoms with Crippen LogP contribution in [-0.4, -0.2) is 38.8 Å². The summed E-state index contributed by atoms with van der Waals surface area (Å²) in [5, 5.41) is 11.1. The molecule has 0 saturated carbocycles. The van der Waals surface area contributed by atoms with Crippen molar-refractivity contribution in [1.82, 2.24) is 20.3 Å². The molecular formula is C15H27N5O2. The first-order chi connectivity index (χ1) is 10.3. The number of amides is 1. The molecule has 1 amide bonds. The Morgan fingerprint density at radius 2 is 2.05 bits per heavy atom. The average molecular weight is 309 g/mol. The molecule has 0 aliphatic rings. The van der Waals surface area contributed by atoms with E-state index in [2.05, 4.69) is 15.6 Å². The van der Waals surface area contributed by atoms with Gasteiger partial charge in [0.1, 0.15) is 5.78 Å². The molecule has 0 aromatic carbocycles. The Kier molecular flexibility index (Phi) is 7.17. The van der Waals surface area contributed by atoms with Gasteiger partial charge >= 0.3 is 0 Å². The third kappa shape index (κ3) is 5.93. The normalized spacial score (nSPS) is 14.0. The van der Waals surface area contributed by atoms with Crippen molar-refractivity contribution in [2.75, 3.05) is 0 Å². The van der Waals surface area contributed by atoms with Crippen molar-refractivity contribution in [3.8, 4) is 0 Å². The fourth-order valence-electron chi connectivity index (χ4n) is 2.09. The van der Waals surface area contributed by atoms with Crippen molar-refractivity contribution in [2.45, 2.75) is 65.6 Å². The van der Waals surface area contributed by atoms with Gasteiger partial charge in [-0.2, -0.15) is 0 Å². The number of carbonyl (C=O) groups is 2. The minimum absolute atomic E-state index is 0.0810. The minimum Gasteiger partial charge on any atom is -0.368 e. The van der Waals surface area contributed by atoms with Crippen molar-refractivity contribution in [3.63, 3.8) is 0 Å². The van der Waals surface area contributed by atoms with Crippen LogP contribution in [0.15, 0.2) is 6.20 Å². The number of hydrogen-bond acceptors (Lipinski definition) is 5. The van der Waals surface area contributed by atoms with Crippen LogP contribution in [0, 0.1) is 5.92 Å². The second kappa shape index (κ2) is 8.63. The second-order valence-corrected chi connectivity index (χ2v) is 5.98. The number of hydrogen-bond donors (Lipinski definition) is 2. The van der Waals surface area contributed by atoms with Crippen LogP contribution < -0.4 is 11.1 Å². The maximum absolute atomic E-state index is 11.8. The summed E-state index contributed by atoms with van der Waals surface area (Å²) in [6, 6.07) is -0.312. The van der Waals surface area contributed by atoms with Gasteiger partial charge in [0.2, 0.25) is 5.91 Å². The van der Waals surface area contributed by atoms with E-state index >= 15 is 0 Å². The van der Waals surface area contributed by atoms with Gasteiger partial charge in [0.05, 0.1) is 11.7 Å². The van der Waals surface area contributed by atoms with E-state index in [0.29, 0.717) is 25.1 Å². The summed E-state index contributed by atoms with van der Waals surface area (Å²) in [5.74, 6) is -0.0938. The first-order valence-corrected chi connectivity index (χ1v) is 7.80. The lowest BCUT2D eigenvalue weighted by atomic mass is 10.0. The number of nitrogens with two attached hydrogens (primary N) is 1. The summed E-state index contributed by atoms with van der Waals surface area (Å²) >= 11 is 0. The standard InChI is InChI=1S/C15H27N5O2/c1-5-11(4)14(21)6-7-20-9-12(18-19-20)8-13(15(16)22)17-10(2)3/h9-11,13,17H,5-8H2,1-4H3,(H2,16,22). The van der Waals surface area contributed by atoms with Crippen LogP contribution in [0.5, 0.6) is 0 Å². The molecular weight excluding hydrogens is 282 g/mol. The van der Waals surface area contributed by atoms with Gasteiger partial charge in [-0.25, -0.2) is 0 Å². The summed E-state index contributed by atoms with van der Waals surface area (Å²) < 4.78 is 1.64. The van der Waals surface area contributed by atoms with Gasteiger partial charge in [0, 0.05) is 37.5 Å². The van der Waals surface area contributed by atoms with Crippen LogP contribution in [0.2, 0.25) is 0 Å². The number of Topliss-reactive ketones (excluding diaryl/α,β-unsaturated/α-hetero) is 1. The Bertz CT molecular complexity index is 498. The number of nitrogens with zero attached hydrogens (tertiary/aromatic N) is 3. The molecule has 0 aliphatic carbocycles. The van der Waals surface area contributed by atoms with E-state index in [1.807, 2.05) is 27.7 Å². The lowest BCUT2D eigenvalue weighted by molar-refractivity contribution is -0.122. The lowest BCUT2D eigenvalue weighted by Crippen LogP contribution is -2.46. The van der Waals surface area contributed by atoms with Gasteiger partial charge in [0.15, 0.2) is 0 Å². The third-order valence-corrected chi connectivity index (χ3v) is 3.63. The summed E-state index contributed by atoms with van der Waals surface area (Å²) in [4.78, 5) is 23.2. The lowest BCUT2D eigenvalue weighted by Gasteiger charge is -2.16. The third-order valence-electron chi connectivity index (χ3n) is 3.63. The highest BCUT2D eigenvalue weighted by atomic mass is 16.1. The summed E-state index contributed by atoms with van der Waals surface area (Å²) in [6.07, 6.45) is 3.46. The summed E-state index contributed by atoms with van der Waals surface area (Å²) in [6.45, 7) is 8.35. The Hall–Kier alpha value is -1.76. The molecule has 1 aromatic heterocycles. The Morgan fingerprint density at radius 3 is 2.59 bits per heavy atom. The Labute approximate surface area is 131 Å². The number of primary amides is 1. The molecule has 1 rings (SSSR count). The van der Waals surface area contributed by atoms with Crippen LogP contribution in [0.4, 0.5) is 0 Å². The van der Waals surface area contributed by atoms with Crippen molar-refractivity contribution >= 4 is 11.7 Å². The highest BCUT2D eigenvalue weighted by Gasteiger charge is 2.18. The quantitative estimate of drug-likeness (QED) is 0.661. The Balaban J connectivity index is 2.56. The molecule has 0 spiro atoms. The molecule has 22 heavy (non-hydrogen) atoms. The van der Waals surface area contributed by atoms with Crippen molar-refractivity contribution in [2.24, 2.45) is 11.7 Å². The zero-order chi connectivity index (χ0) is 16.7. The summed E-state index contributed by atoms with van der Waals surface area (Å²) in [7, 11) is 0. The van der Waals surface area contributed by atoms with Crippen molar-refractivity contribution in [3.05, 3.63) is 11.9 Å². The van der Waals surface area contributed by atoms with Crippen molar-refractivity contribution in [1.29, 1.82) is 0 Å². The number of aromatic nitrogens is 3. The number of rotatable bonds is 10. The topological polar surface area (TPSA) is 103 Å². The zero-order valence-corrected chi connectivity index (χ0v) is 13.9. The predicted octanol–water partition coefficient (Wildman–Crippen LogP) is 0.678. The van der Waals surface area contributed by atoms with Gasteiger partial charge in [0.25, 0.3) is 0 Å². The van der Waals surface area contributed by atoms with E-state index in [4.69, 9.17) is 5.73 Å². The molecule has 1 heterocycles. The van der Waals surface area contributed by atoms with E-state index < -0.39 is 11.9 Å². The zero-order valence-electron chi connectivity index (χ0n) is 13.9. The van der Waals surface area contributed by atoms with Gasteiger partial charge < -0.3 is 11.1 Å². The molecule has 0 fully saturated rings. The van der Waals surface area contributed by atoms with E-state index in [1.54, 1.807) is 10.9 Å². The number of ketones is 1. The van der Waals surface area contributed by atoms with E-state index in [9.17, 15) is 9.59 Å². The number of aryl methyl sites for hydroxylation is 1. The molecule has 2 atom stereocenters. The molecule has 7 nitrogen and oxygen atoms in total. The molecule has 3 N–H and O–H groups in total. The first-order valence-electron chi connectivity index (χ1n) is 7.80. The Morgan fingerprint density at radius 1 is 1.36 bits per heavy atom. The van der Waals surface area contributed by atoms with Gasteiger partial charge in [-0.3, -0.25) is 14.3 Å². The molecule has 0 saturated heterocycles. The van der Waals surface area contributed by atoms with E-state index in [1.165, 1.54) is 0 Å². The maximum atomic E-state index is 11.8. The predicted molar refractivity (Wildman–Crippen MR) is 84.1 cm³/mol. The van der Waals surface area contributed by atoms with Crippen LogP contribution in [0.25, 0.3) is 0 Å². The molecule has 1 aromatic rings. The van der Waals surface area contributed by atoms with Gasteiger partial charge in [-0.05, 0) is 6.42 Å². The fraction of sp³-hybridized carbons (Fsp3) is 0.733. The second-order valence-electron chi connectivity index (χ2n) is 5.98. The monoisotopic (exact) mass is 309 g/mol. The van der Waals surface area contributed by atoms with E-state index in [0.717, 1.165) is 6.42 Å². The fourth-order valence-corrected chi connectivity index (χ4v) is 2.09. The molecule has 0 aliphatic heterocycles. The van der Waals surface area contributed by atoms with E-state index in [-0.39, 0.29) is 17.7 Å². The molecule has 2 unspecified atom stereocenters. The highest BCUT2D eigenvalue weighted by molar-refractivity contribution is 5.80. The van der Waals surface area contributed by atoms with Gasteiger partial charge in [-0.15, -0.1) is 5.10 Å². The maximum Gasteiger partial charge on any atom is 0.234 e. The van der Waals surface area contributed by atoms with Gasteiger partial charge in [-0.1, -0.05) is 32.9 Å². The first kappa shape index (κ1) is 18.3. The molecule has 124 valence electrons. The minimum atomic E-state index is -0.466. The molecule has 0 bridgehead atoms. The SMILES string of the molecule is CCC(C)C(=O)CCn1cc(CC(NC(C)C)C(N)=O)nn1. The van der Waals surface area contributed by atoms with Crippen LogP contribution >= 0.6 is 0 Å². The van der Waals surface area contributed by atoms with Crippen LogP contribution in [0.3, 0.4) is 0 Å². The van der Waals surface area contributed by atoms with Crippen molar-refractivity contribution < 1.29 is 9.59 Å². The number of nitrogens with one attached hydrogen (secondary N) is 1. The average Bonchev–Trinajstić information content (AvgIpc) is 2.90. The van der Waals surface area contributed by atoms with Crippen LogP contribution in [0.1, 0.15) is 46.2 Å². The largest absolute Gasteiger partial charge is 0.368 e. The molecule has 0 radical (unpaired) electrons. The smallest absolute Gasteiger partial charge is 0.234 e. The van der Waals surface area contributed by atoms with Crippen LogP contribution in [-0.2, 0) is 22.6 Å². The highest BCUT2D eigenvalue weighted by Crippen LogP contribution is 2.07. The molecule has 7 heteroatoms. The number of carbonyl (C=O) groups excluding carboxylic acids is 2.